The number of hydrogen-bond acceptors (Lipinski definition) is 5. The van der Waals surface area contributed by atoms with Crippen molar-refractivity contribution in [1.82, 2.24) is 9.97 Å². The van der Waals surface area contributed by atoms with Gasteiger partial charge >= 0.3 is 0 Å². The molecule has 6 heteroatoms. The molecule has 2 atom stereocenters. The zero-order chi connectivity index (χ0) is 13.0. The Hall–Kier alpha value is -0.330. The summed E-state index contributed by atoms with van der Waals surface area (Å²) < 4.78 is 6.53. The zero-order valence-corrected chi connectivity index (χ0v) is 13.1. The van der Waals surface area contributed by atoms with E-state index in [0.717, 1.165) is 35.5 Å². The van der Waals surface area contributed by atoms with Crippen LogP contribution in [-0.4, -0.2) is 34.5 Å². The lowest BCUT2D eigenvalue weighted by Crippen LogP contribution is -2.14. The Morgan fingerprint density at radius 1 is 1.61 bits per heavy atom. The van der Waals surface area contributed by atoms with Crippen molar-refractivity contribution in [1.29, 1.82) is 0 Å². The molecule has 0 aromatic carbocycles. The van der Waals surface area contributed by atoms with Crippen molar-refractivity contribution in [3.05, 3.63) is 10.7 Å². The minimum absolute atomic E-state index is 0.295. The van der Waals surface area contributed by atoms with E-state index in [-0.39, 0.29) is 0 Å². The molecule has 1 aliphatic heterocycles. The van der Waals surface area contributed by atoms with Crippen molar-refractivity contribution in [2.24, 2.45) is 0 Å². The second-order valence-electron chi connectivity index (χ2n) is 4.29. The number of hydrogen-bond donors (Lipinski definition) is 1. The Bertz CT molecular complexity index is 405. The highest BCUT2D eigenvalue weighted by atomic mass is 79.9. The maximum Gasteiger partial charge on any atom is 0.223 e. The lowest BCUT2D eigenvalue weighted by molar-refractivity contribution is 0.127. The van der Waals surface area contributed by atoms with Crippen LogP contribution in [0.4, 0.5) is 5.95 Å². The monoisotopic (exact) mass is 331 g/mol. The maximum atomic E-state index is 5.58. The third-order valence-corrected chi connectivity index (χ3v) is 5.11. The molecular weight excluding hydrogens is 314 g/mol. The van der Waals surface area contributed by atoms with Gasteiger partial charge in [-0.3, -0.25) is 0 Å². The number of rotatable bonds is 5. The van der Waals surface area contributed by atoms with E-state index in [1.54, 1.807) is 11.8 Å². The fourth-order valence-electron chi connectivity index (χ4n) is 1.77. The number of thioether (sulfide) groups is 1. The highest BCUT2D eigenvalue weighted by molar-refractivity contribution is 9.10. The highest BCUT2D eigenvalue weighted by Crippen LogP contribution is 2.35. The fraction of sp³-hybridized carbons (Fsp3) is 0.667. The smallest absolute Gasteiger partial charge is 0.223 e. The van der Waals surface area contributed by atoms with E-state index in [4.69, 9.17) is 4.74 Å². The van der Waals surface area contributed by atoms with Crippen molar-refractivity contribution in [3.8, 4) is 0 Å². The fourth-order valence-corrected chi connectivity index (χ4v) is 3.31. The summed E-state index contributed by atoms with van der Waals surface area (Å²) in [6, 6.07) is 0. The number of ether oxygens (including phenoxy) is 1. The summed E-state index contributed by atoms with van der Waals surface area (Å²) in [6.45, 7) is 5.99. The first kappa shape index (κ1) is 14.1. The van der Waals surface area contributed by atoms with Gasteiger partial charge in [0.05, 0.1) is 10.6 Å². The van der Waals surface area contributed by atoms with Gasteiger partial charge < -0.3 is 10.1 Å². The minimum Gasteiger partial charge on any atom is -0.377 e. The third-order valence-electron chi connectivity index (χ3n) is 2.81. The molecular formula is C12H18BrN3OS. The predicted molar refractivity (Wildman–Crippen MR) is 78.2 cm³/mol. The van der Waals surface area contributed by atoms with Gasteiger partial charge in [-0.15, -0.1) is 0 Å². The van der Waals surface area contributed by atoms with Crippen molar-refractivity contribution in [2.45, 2.75) is 43.1 Å². The average molecular weight is 332 g/mol. The van der Waals surface area contributed by atoms with Crippen LogP contribution in [0.15, 0.2) is 15.7 Å². The summed E-state index contributed by atoms with van der Waals surface area (Å²) in [4.78, 5) is 8.80. The van der Waals surface area contributed by atoms with Crippen molar-refractivity contribution in [3.63, 3.8) is 0 Å². The van der Waals surface area contributed by atoms with Crippen molar-refractivity contribution >= 4 is 33.6 Å². The van der Waals surface area contributed by atoms with Crippen LogP contribution in [0.3, 0.4) is 0 Å². The van der Waals surface area contributed by atoms with Crippen LogP contribution in [0, 0.1) is 0 Å². The van der Waals surface area contributed by atoms with Gasteiger partial charge in [0.15, 0.2) is 0 Å². The first-order valence-electron chi connectivity index (χ1n) is 6.25. The minimum atomic E-state index is 0.295. The number of aromatic nitrogens is 2. The summed E-state index contributed by atoms with van der Waals surface area (Å²) in [7, 11) is 0. The Morgan fingerprint density at radius 3 is 3.11 bits per heavy atom. The maximum absolute atomic E-state index is 5.58. The van der Waals surface area contributed by atoms with Crippen LogP contribution < -0.4 is 5.32 Å². The second kappa shape index (κ2) is 6.73. The van der Waals surface area contributed by atoms with Gasteiger partial charge in [-0.25, -0.2) is 9.97 Å². The molecule has 18 heavy (non-hydrogen) atoms. The van der Waals surface area contributed by atoms with Crippen LogP contribution in [0.5, 0.6) is 0 Å². The SMILES string of the molecule is CCCNc1ncc(Br)c(SC2CCOC2C)n1. The van der Waals surface area contributed by atoms with E-state index in [2.05, 4.69) is 45.1 Å². The van der Waals surface area contributed by atoms with E-state index >= 15 is 0 Å². The lowest BCUT2D eigenvalue weighted by atomic mass is 10.3. The average Bonchev–Trinajstić information content (AvgIpc) is 2.76. The molecule has 0 spiro atoms. The van der Waals surface area contributed by atoms with Gasteiger partial charge in [0.1, 0.15) is 5.03 Å². The second-order valence-corrected chi connectivity index (χ2v) is 6.38. The number of nitrogens with zero attached hydrogens (tertiary/aromatic N) is 2. The van der Waals surface area contributed by atoms with E-state index < -0.39 is 0 Å². The third kappa shape index (κ3) is 3.59. The molecule has 100 valence electrons. The van der Waals surface area contributed by atoms with E-state index in [0.29, 0.717) is 17.3 Å². The molecule has 0 amide bonds. The molecule has 2 rings (SSSR count). The molecule has 0 aliphatic carbocycles. The summed E-state index contributed by atoms with van der Waals surface area (Å²) >= 11 is 5.28. The van der Waals surface area contributed by atoms with Crippen LogP contribution in [0.2, 0.25) is 0 Å². The highest BCUT2D eigenvalue weighted by Gasteiger charge is 2.26. The molecule has 0 bridgehead atoms. The van der Waals surface area contributed by atoms with E-state index in [9.17, 15) is 0 Å². The predicted octanol–water partition coefficient (Wildman–Crippen LogP) is 3.33. The molecule has 2 heterocycles. The van der Waals surface area contributed by atoms with E-state index in [1.165, 1.54) is 0 Å². The zero-order valence-electron chi connectivity index (χ0n) is 10.6. The molecule has 2 unspecified atom stereocenters. The summed E-state index contributed by atoms with van der Waals surface area (Å²) in [6.07, 6.45) is 4.26. The molecule has 0 radical (unpaired) electrons. The van der Waals surface area contributed by atoms with Gasteiger partial charge in [-0.1, -0.05) is 18.7 Å². The number of anilines is 1. The molecule has 1 saturated heterocycles. The normalized spacial score (nSPS) is 23.3. The first-order chi connectivity index (χ1) is 8.70. The Labute approximate surface area is 120 Å². The Morgan fingerprint density at radius 2 is 2.44 bits per heavy atom. The lowest BCUT2D eigenvalue weighted by Gasteiger charge is -2.14. The van der Waals surface area contributed by atoms with Crippen LogP contribution in [0.25, 0.3) is 0 Å². The van der Waals surface area contributed by atoms with Crippen molar-refractivity contribution < 1.29 is 4.74 Å². The van der Waals surface area contributed by atoms with Crippen molar-refractivity contribution in [2.75, 3.05) is 18.5 Å². The summed E-state index contributed by atoms with van der Waals surface area (Å²) in [5.41, 5.74) is 0. The topological polar surface area (TPSA) is 47.0 Å². The molecule has 1 N–H and O–H groups in total. The largest absolute Gasteiger partial charge is 0.377 e. The van der Waals surface area contributed by atoms with Gasteiger partial charge in [-0.2, -0.15) is 0 Å². The molecule has 1 aliphatic rings. The Balaban J connectivity index is 2.06. The van der Waals surface area contributed by atoms with Gasteiger partial charge in [0, 0.05) is 24.6 Å². The quantitative estimate of drug-likeness (QED) is 0.838. The molecule has 1 aromatic heterocycles. The van der Waals surface area contributed by atoms with Crippen LogP contribution in [0.1, 0.15) is 26.7 Å². The van der Waals surface area contributed by atoms with Gasteiger partial charge in [-0.05, 0) is 35.7 Å². The molecule has 4 nitrogen and oxygen atoms in total. The van der Waals surface area contributed by atoms with Gasteiger partial charge in [0.2, 0.25) is 5.95 Å². The van der Waals surface area contributed by atoms with Crippen LogP contribution in [-0.2, 0) is 4.74 Å². The number of halogens is 1. The Kier molecular flexibility index (Phi) is 5.26. The molecule has 0 saturated carbocycles. The molecule has 1 aromatic rings. The molecule has 1 fully saturated rings. The standard InChI is InChI=1S/C12H18BrN3OS/c1-3-5-14-12-15-7-9(13)11(16-12)18-10-4-6-17-8(10)2/h7-8,10H,3-6H2,1-2H3,(H,14,15,16). The number of nitrogens with one attached hydrogen (secondary N) is 1. The van der Waals surface area contributed by atoms with Crippen LogP contribution >= 0.6 is 27.7 Å². The summed E-state index contributed by atoms with van der Waals surface area (Å²) in [5.74, 6) is 0.703. The van der Waals surface area contributed by atoms with E-state index in [1.807, 2.05) is 6.20 Å². The van der Waals surface area contributed by atoms with Gasteiger partial charge in [0.25, 0.3) is 0 Å². The first-order valence-corrected chi connectivity index (χ1v) is 7.92. The summed E-state index contributed by atoms with van der Waals surface area (Å²) in [5, 5.41) is 4.68.